The summed E-state index contributed by atoms with van der Waals surface area (Å²) < 4.78 is 3.30. The third-order valence-corrected chi connectivity index (χ3v) is 4.26. The summed E-state index contributed by atoms with van der Waals surface area (Å²) in [7, 11) is 3.55. The molecule has 1 amide bonds. The molecule has 0 saturated heterocycles. The summed E-state index contributed by atoms with van der Waals surface area (Å²) in [4.78, 5) is 25.0. The van der Waals surface area contributed by atoms with E-state index < -0.39 is 0 Å². The minimum atomic E-state index is -0.343. The number of amides is 1. The summed E-state index contributed by atoms with van der Waals surface area (Å²) in [5.74, 6) is -0.343. The van der Waals surface area contributed by atoms with Crippen molar-refractivity contribution in [1.82, 2.24) is 19.7 Å². The maximum Gasteiger partial charge on any atom is 0.263 e. The van der Waals surface area contributed by atoms with Crippen LogP contribution in [0.3, 0.4) is 0 Å². The minimum absolute atomic E-state index is 0.175. The first-order valence-electron chi connectivity index (χ1n) is 7.88. The maximum absolute atomic E-state index is 12.6. The monoisotopic (exact) mass is 316 g/mol. The second kappa shape index (κ2) is 6.81. The number of aryl methyl sites for hydroxylation is 2. The highest BCUT2D eigenvalue weighted by Gasteiger charge is 2.20. The van der Waals surface area contributed by atoms with Gasteiger partial charge >= 0.3 is 0 Å². The van der Waals surface area contributed by atoms with Gasteiger partial charge in [-0.2, -0.15) is 5.10 Å². The van der Waals surface area contributed by atoms with Crippen LogP contribution in [0.5, 0.6) is 0 Å². The Morgan fingerprint density at radius 3 is 2.57 bits per heavy atom. The number of aromatic nitrogens is 3. The Morgan fingerprint density at radius 1 is 1.35 bits per heavy atom. The maximum atomic E-state index is 12.6. The Kier molecular flexibility index (Phi) is 5.03. The van der Waals surface area contributed by atoms with Gasteiger partial charge in [0.2, 0.25) is 0 Å². The van der Waals surface area contributed by atoms with Crippen LogP contribution in [0.4, 0.5) is 0 Å². The van der Waals surface area contributed by atoms with E-state index in [9.17, 15) is 9.59 Å². The lowest BCUT2D eigenvalue weighted by Crippen LogP contribution is -2.36. The van der Waals surface area contributed by atoms with Crippen molar-refractivity contribution in [2.24, 2.45) is 14.1 Å². The molecule has 0 aliphatic heterocycles. The number of nitrogens with one attached hydrogen (secondary N) is 1. The van der Waals surface area contributed by atoms with E-state index in [1.54, 1.807) is 28.6 Å². The fraction of sp³-hybridized carbons (Fsp3) is 0.471. The van der Waals surface area contributed by atoms with Gasteiger partial charge in [-0.25, -0.2) is 0 Å². The van der Waals surface area contributed by atoms with E-state index in [4.69, 9.17) is 0 Å². The summed E-state index contributed by atoms with van der Waals surface area (Å²) in [5, 5.41) is 7.08. The zero-order valence-corrected chi connectivity index (χ0v) is 14.4. The molecule has 1 atom stereocenters. The number of carbonyl (C=O) groups is 1. The van der Waals surface area contributed by atoms with E-state index in [0.29, 0.717) is 0 Å². The zero-order chi connectivity index (χ0) is 17.1. The quantitative estimate of drug-likeness (QED) is 0.915. The van der Waals surface area contributed by atoms with Gasteiger partial charge in [0.15, 0.2) is 0 Å². The van der Waals surface area contributed by atoms with Gasteiger partial charge in [-0.05, 0) is 37.5 Å². The fourth-order valence-corrected chi connectivity index (χ4v) is 2.96. The molecule has 6 heteroatoms. The lowest BCUT2D eigenvalue weighted by molar-refractivity contribution is 0.0931. The molecule has 2 rings (SSSR count). The SMILES string of the molecule is CCc1c(C)cc(C(=O)N[C@@H](CC)c2ccnn2C)c(=O)n1C. The summed E-state index contributed by atoms with van der Waals surface area (Å²) >= 11 is 0. The van der Waals surface area contributed by atoms with Crippen LogP contribution in [0.15, 0.2) is 23.1 Å². The van der Waals surface area contributed by atoms with Crippen LogP contribution >= 0.6 is 0 Å². The topological polar surface area (TPSA) is 68.9 Å². The van der Waals surface area contributed by atoms with Crippen LogP contribution in [-0.4, -0.2) is 20.3 Å². The fourth-order valence-electron chi connectivity index (χ4n) is 2.96. The molecule has 0 bridgehead atoms. The Bertz CT molecular complexity index is 773. The van der Waals surface area contributed by atoms with Gasteiger partial charge in [-0.15, -0.1) is 0 Å². The van der Waals surface area contributed by atoms with Gasteiger partial charge in [-0.1, -0.05) is 13.8 Å². The molecule has 2 aromatic rings. The third kappa shape index (κ3) is 3.21. The van der Waals surface area contributed by atoms with E-state index in [-0.39, 0.29) is 23.1 Å². The standard InChI is InChI=1S/C17H24N4O2/c1-6-13(15-8-9-18-21(15)5)19-16(22)12-10-11(3)14(7-2)20(4)17(12)23/h8-10,13H,6-7H2,1-5H3,(H,19,22)/t13-/m0/s1. The molecule has 0 spiro atoms. The van der Waals surface area contributed by atoms with E-state index in [0.717, 1.165) is 29.8 Å². The zero-order valence-electron chi connectivity index (χ0n) is 14.4. The Labute approximate surface area is 136 Å². The van der Waals surface area contributed by atoms with Crippen molar-refractivity contribution in [3.8, 4) is 0 Å². The van der Waals surface area contributed by atoms with Gasteiger partial charge in [-0.3, -0.25) is 14.3 Å². The Morgan fingerprint density at radius 2 is 2.04 bits per heavy atom. The molecule has 0 saturated carbocycles. The normalized spacial score (nSPS) is 12.2. The summed E-state index contributed by atoms with van der Waals surface area (Å²) in [6.45, 7) is 5.91. The van der Waals surface area contributed by atoms with E-state index in [1.165, 1.54) is 0 Å². The first-order chi connectivity index (χ1) is 10.9. The number of hydrogen-bond acceptors (Lipinski definition) is 3. The molecule has 23 heavy (non-hydrogen) atoms. The average Bonchev–Trinajstić information content (AvgIpc) is 2.94. The first-order valence-corrected chi connectivity index (χ1v) is 7.88. The third-order valence-electron chi connectivity index (χ3n) is 4.26. The van der Waals surface area contributed by atoms with Crippen molar-refractivity contribution in [1.29, 1.82) is 0 Å². The molecule has 0 aliphatic carbocycles. The summed E-state index contributed by atoms with van der Waals surface area (Å²) in [6, 6.07) is 3.38. The average molecular weight is 316 g/mol. The van der Waals surface area contributed by atoms with Crippen LogP contribution in [0.1, 0.15) is 53.6 Å². The second-order valence-corrected chi connectivity index (χ2v) is 5.72. The molecule has 0 fully saturated rings. The Hall–Kier alpha value is -2.37. The molecule has 0 aliphatic rings. The number of pyridine rings is 1. The highest BCUT2D eigenvalue weighted by atomic mass is 16.2. The van der Waals surface area contributed by atoms with Gasteiger partial charge in [0.25, 0.3) is 11.5 Å². The van der Waals surface area contributed by atoms with Crippen LogP contribution in [0.25, 0.3) is 0 Å². The number of rotatable bonds is 5. The van der Waals surface area contributed by atoms with Gasteiger partial charge in [0, 0.05) is 26.0 Å². The predicted molar refractivity (Wildman–Crippen MR) is 89.5 cm³/mol. The molecular formula is C17H24N4O2. The molecule has 0 radical (unpaired) electrons. The number of carbonyl (C=O) groups excluding carboxylic acids is 1. The molecule has 2 aromatic heterocycles. The molecule has 2 heterocycles. The Balaban J connectivity index is 2.34. The second-order valence-electron chi connectivity index (χ2n) is 5.72. The molecular weight excluding hydrogens is 292 g/mol. The predicted octanol–water partition coefficient (Wildman–Crippen LogP) is 1.87. The smallest absolute Gasteiger partial charge is 0.263 e. The largest absolute Gasteiger partial charge is 0.344 e. The van der Waals surface area contributed by atoms with E-state index in [1.807, 2.05) is 33.9 Å². The minimum Gasteiger partial charge on any atom is -0.344 e. The molecule has 0 unspecified atom stereocenters. The number of hydrogen-bond donors (Lipinski definition) is 1. The first kappa shape index (κ1) is 17.0. The van der Waals surface area contributed by atoms with Crippen molar-refractivity contribution in [3.05, 3.63) is 51.2 Å². The van der Waals surface area contributed by atoms with Gasteiger partial charge < -0.3 is 9.88 Å². The van der Waals surface area contributed by atoms with Crippen molar-refractivity contribution in [2.75, 3.05) is 0 Å². The summed E-state index contributed by atoms with van der Waals surface area (Å²) in [6.07, 6.45) is 3.17. The number of nitrogens with zero attached hydrogens (tertiary/aromatic N) is 3. The van der Waals surface area contributed by atoms with Gasteiger partial charge in [0.1, 0.15) is 5.56 Å². The highest BCUT2D eigenvalue weighted by Crippen LogP contribution is 2.16. The van der Waals surface area contributed by atoms with Crippen LogP contribution < -0.4 is 10.9 Å². The van der Waals surface area contributed by atoms with Crippen LogP contribution in [0.2, 0.25) is 0 Å². The molecule has 124 valence electrons. The van der Waals surface area contributed by atoms with Gasteiger partial charge in [0.05, 0.1) is 11.7 Å². The lowest BCUT2D eigenvalue weighted by atomic mass is 10.1. The molecule has 6 nitrogen and oxygen atoms in total. The highest BCUT2D eigenvalue weighted by molar-refractivity contribution is 5.94. The van der Waals surface area contributed by atoms with Crippen molar-refractivity contribution < 1.29 is 4.79 Å². The lowest BCUT2D eigenvalue weighted by Gasteiger charge is -2.18. The van der Waals surface area contributed by atoms with Crippen LogP contribution in [0, 0.1) is 6.92 Å². The van der Waals surface area contributed by atoms with Crippen LogP contribution in [-0.2, 0) is 20.5 Å². The van der Waals surface area contributed by atoms with Crippen molar-refractivity contribution >= 4 is 5.91 Å². The summed E-state index contributed by atoms with van der Waals surface area (Å²) in [5.41, 5.74) is 2.74. The van der Waals surface area contributed by atoms with E-state index in [2.05, 4.69) is 10.4 Å². The van der Waals surface area contributed by atoms with Crippen molar-refractivity contribution in [3.63, 3.8) is 0 Å². The van der Waals surface area contributed by atoms with E-state index >= 15 is 0 Å². The van der Waals surface area contributed by atoms with Crippen molar-refractivity contribution in [2.45, 2.75) is 39.7 Å². The molecule has 1 N–H and O–H groups in total. The molecule has 0 aromatic carbocycles.